The molecule has 0 atom stereocenters. The van der Waals surface area contributed by atoms with Gasteiger partial charge in [0.25, 0.3) is 0 Å². The van der Waals surface area contributed by atoms with Crippen LogP contribution in [0.15, 0.2) is 54.9 Å². The fourth-order valence-electron chi connectivity index (χ4n) is 2.59. The number of benzene rings is 1. The Morgan fingerprint density at radius 3 is 2.75 bits per heavy atom. The van der Waals surface area contributed by atoms with Crippen molar-refractivity contribution in [2.24, 2.45) is 0 Å². The molecule has 3 aromatic rings. The van der Waals surface area contributed by atoms with Gasteiger partial charge < -0.3 is 9.88 Å². The smallest absolute Gasteiger partial charge is 0.140 e. The van der Waals surface area contributed by atoms with E-state index in [1.54, 1.807) is 0 Å². The van der Waals surface area contributed by atoms with E-state index in [0.717, 1.165) is 25.2 Å². The average Bonchev–Trinajstić information content (AvgIpc) is 2.85. The molecular weight excluding hydrogens is 246 g/mol. The van der Waals surface area contributed by atoms with Crippen molar-refractivity contribution in [3.63, 3.8) is 0 Å². The minimum absolute atomic E-state index is 0.876. The van der Waals surface area contributed by atoms with Crippen LogP contribution in [-0.4, -0.2) is 16.6 Å². The second-order valence-electron chi connectivity index (χ2n) is 4.99. The van der Waals surface area contributed by atoms with Gasteiger partial charge in [-0.1, -0.05) is 30.3 Å². The van der Waals surface area contributed by atoms with E-state index in [9.17, 15) is 0 Å². The molecule has 0 unspecified atom stereocenters. The minimum atomic E-state index is 0.876. The van der Waals surface area contributed by atoms with Gasteiger partial charge in [-0.3, -0.25) is 0 Å². The van der Waals surface area contributed by atoms with E-state index in [4.69, 9.17) is 0 Å². The van der Waals surface area contributed by atoms with Crippen LogP contribution in [-0.2, 0) is 19.5 Å². The standard InChI is InChI=1S/C17H19N3/c1-18-12-15-13-20(17-16(15)8-5-10-19-17)11-9-14-6-3-2-4-7-14/h2-8,10,13,18H,9,11-12H2,1H3. The molecule has 0 saturated heterocycles. The Labute approximate surface area is 119 Å². The molecule has 0 fully saturated rings. The highest BCUT2D eigenvalue weighted by molar-refractivity contribution is 5.80. The Bertz CT molecular complexity index is 686. The molecule has 0 amide bonds. The Hall–Kier alpha value is -2.13. The first-order valence-electron chi connectivity index (χ1n) is 7.00. The fourth-order valence-corrected chi connectivity index (χ4v) is 2.59. The second-order valence-corrected chi connectivity index (χ2v) is 4.99. The van der Waals surface area contributed by atoms with Crippen molar-refractivity contribution >= 4 is 11.0 Å². The molecular formula is C17H19N3. The van der Waals surface area contributed by atoms with Crippen LogP contribution in [0.25, 0.3) is 11.0 Å². The van der Waals surface area contributed by atoms with Gasteiger partial charge in [-0.2, -0.15) is 0 Å². The quantitative estimate of drug-likeness (QED) is 0.768. The normalized spacial score (nSPS) is 11.1. The summed E-state index contributed by atoms with van der Waals surface area (Å²) < 4.78 is 2.26. The number of hydrogen-bond donors (Lipinski definition) is 1. The molecule has 2 aromatic heterocycles. The van der Waals surface area contributed by atoms with E-state index in [2.05, 4.69) is 57.5 Å². The van der Waals surface area contributed by atoms with E-state index < -0.39 is 0 Å². The van der Waals surface area contributed by atoms with Crippen molar-refractivity contribution in [1.29, 1.82) is 0 Å². The van der Waals surface area contributed by atoms with Crippen molar-refractivity contribution in [2.45, 2.75) is 19.5 Å². The zero-order chi connectivity index (χ0) is 13.8. The van der Waals surface area contributed by atoms with Crippen LogP contribution in [0.1, 0.15) is 11.1 Å². The van der Waals surface area contributed by atoms with Crippen molar-refractivity contribution in [1.82, 2.24) is 14.9 Å². The predicted molar refractivity (Wildman–Crippen MR) is 82.6 cm³/mol. The van der Waals surface area contributed by atoms with Crippen LogP contribution < -0.4 is 5.32 Å². The third-order valence-corrected chi connectivity index (χ3v) is 3.57. The van der Waals surface area contributed by atoms with Gasteiger partial charge in [0.1, 0.15) is 5.65 Å². The molecule has 1 aromatic carbocycles. The number of rotatable bonds is 5. The number of aryl methyl sites for hydroxylation is 2. The molecule has 102 valence electrons. The zero-order valence-corrected chi connectivity index (χ0v) is 11.7. The maximum Gasteiger partial charge on any atom is 0.140 e. The molecule has 0 saturated carbocycles. The highest BCUT2D eigenvalue weighted by Crippen LogP contribution is 2.19. The summed E-state index contributed by atoms with van der Waals surface area (Å²) in [6.45, 7) is 1.84. The van der Waals surface area contributed by atoms with Crippen molar-refractivity contribution in [3.8, 4) is 0 Å². The summed E-state index contributed by atoms with van der Waals surface area (Å²) in [5, 5.41) is 4.47. The molecule has 0 spiro atoms. The summed E-state index contributed by atoms with van der Waals surface area (Å²) in [4.78, 5) is 4.53. The number of nitrogens with zero attached hydrogens (tertiary/aromatic N) is 2. The molecule has 3 heteroatoms. The van der Waals surface area contributed by atoms with Gasteiger partial charge >= 0.3 is 0 Å². The molecule has 0 bridgehead atoms. The lowest BCUT2D eigenvalue weighted by Crippen LogP contribution is -2.04. The van der Waals surface area contributed by atoms with Crippen molar-refractivity contribution in [2.75, 3.05) is 7.05 Å². The maximum absolute atomic E-state index is 4.53. The van der Waals surface area contributed by atoms with Gasteiger partial charge in [0, 0.05) is 30.9 Å². The van der Waals surface area contributed by atoms with E-state index >= 15 is 0 Å². The third kappa shape index (κ3) is 2.58. The number of hydrogen-bond acceptors (Lipinski definition) is 2. The number of fused-ring (bicyclic) bond motifs is 1. The van der Waals surface area contributed by atoms with Gasteiger partial charge in [0.05, 0.1) is 0 Å². The number of nitrogens with one attached hydrogen (secondary N) is 1. The SMILES string of the molecule is CNCc1cn(CCc2ccccc2)c2ncccc12. The van der Waals surface area contributed by atoms with Crippen LogP contribution >= 0.6 is 0 Å². The van der Waals surface area contributed by atoms with Crippen LogP contribution in [0.2, 0.25) is 0 Å². The molecule has 0 aliphatic carbocycles. The summed E-state index contributed by atoms with van der Waals surface area (Å²) in [5.74, 6) is 0. The van der Waals surface area contributed by atoms with Gasteiger partial charge in [0.15, 0.2) is 0 Å². The second kappa shape index (κ2) is 5.88. The summed E-state index contributed by atoms with van der Waals surface area (Å²) in [5.41, 5.74) is 3.75. The first-order chi connectivity index (χ1) is 9.88. The summed E-state index contributed by atoms with van der Waals surface area (Å²) in [7, 11) is 1.98. The van der Waals surface area contributed by atoms with Crippen LogP contribution in [0, 0.1) is 0 Å². The monoisotopic (exact) mass is 265 g/mol. The maximum atomic E-state index is 4.53. The molecule has 20 heavy (non-hydrogen) atoms. The van der Waals surface area contributed by atoms with E-state index in [-0.39, 0.29) is 0 Å². The summed E-state index contributed by atoms with van der Waals surface area (Å²) >= 11 is 0. The van der Waals surface area contributed by atoms with Crippen LogP contribution in [0.3, 0.4) is 0 Å². The van der Waals surface area contributed by atoms with E-state index in [1.165, 1.54) is 16.5 Å². The van der Waals surface area contributed by atoms with E-state index in [0.29, 0.717) is 0 Å². The minimum Gasteiger partial charge on any atom is -0.332 e. The van der Waals surface area contributed by atoms with Crippen LogP contribution in [0.4, 0.5) is 0 Å². The Morgan fingerprint density at radius 2 is 1.95 bits per heavy atom. The molecule has 0 aliphatic rings. The van der Waals surface area contributed by atoms with Gasteiger partial charge in [-0.15, -0.1) is 0 Å². The summed E-state index contributed by atoms with van der Waals surface area (Å²) in [6.07, 6.45) is 5.11. The lowest BCUT2D eigenvalue weighted by molar-refractivity contribution is 0.709. The average molecular weight is 265 g/mol. The Morgan fingerprint density at radius 1 is 1.10 bits per heavy atom. The summed E-state index contributed by atoms with van der Waals surface area (Å²) in [6, 6.07) is 14.7. The Kier molecular flexibility index (Phi) is 3.79. The number of pyridine rings is 1. The van der Waals surface area contributed by atoms with E-state index in [1.807, 2.05) is 19.3 Å². The topological polar surface area (TPSA) is 29.9 Å². The van der Waals surface area contributed by atoms with Crippen LogP contribution in [0.5, 0.6) is 0 Å². The van der Waals surface area contributed by atoms with Gasteiger partial charge in [-0.25, -0.2) is 4.98 Å². The third-order valence-electron chi connectivity index (χ3n) is 3.57. The first-order valence-corrected chi connectivity index (χ1v) is 7.00. The van der Waals surface area contributed by atoms with Gasteiger partial charge in [0.2, 0.25) is 0 Å². The lowest BCUT2D eigenvalue weighted by Gasteiger charge is -2.04. The van der Waals surface area contributed by atoms with Gasteiger partial charge in [-0.05, 0) is 36.7 Å². The Balaban J connectivity index is 1.87. The molecule has 0 aliphatic heterocycles. The molecule has 1 N–H and O–H groups in total. The fraction of sp³-hybridized carbons (Fsp3) is 0.235. The zero-order valence-electron chi connectivity index (χ0n) is 11.7. The largest absolute Gasteiger partial charge is 0.332 e. The predicted octanol–water partition coefficient (Wildman–Crippen LogP) is 3.00. The highest BCUT2D eigenvalue weighted by atomic mass is 15.0. The van der Waals surface area contributed by atoms with Crippen molar-refractivity contribution < 1.29 is 0 Å². The molecule has 3 nitrogen and oxygen atoms in total. The lowest BCUT2D eigenvalue weighted by atomic mass is 10.1. The molecule has 0 radical (unpaired) electrons. The highest BCUT2D eigenvalue weighted by Gasteiger charge is 2.08. The van der Waals surface area contributed by atoms with Crippen molar-refractivity contribution in [3.05, 3.63) is 66.0 Å². The first kappa shape index (κ1) is 12.9. The number of aromatic nitrogens is 2. The molecule has 3 rings (SSSR count). The molecule has 2 heterocycles.